The quantitative estimate of drug-likeness (QED) is 0.691. The number of hydrogen-bond donors (Lipinski definition) is 3. The molecule has 1 fully saturated rings. The van der Waals surface area contributed by atoms with E-state index in [0.29, 0.717) is 23.6 Å². The minimum atomic E-state index is -3.66. The summed E-state index contributed by atoms with van der Waals surface area (Å²) in [6.45, 7) is 11.2. The van der Waals surface area contributed by atoms with Crippen LogP contribution in [0.2, 0.25) is 0 Å². The smallest absolute Gasteiger partial charge is 0.241 e. The predicted octanol–water partition coefficient (Wildman–Crippen LogP) is 3.04. The van der Waals surface area contributed by atoms with Crippen molar-refractivity contribution in [3.8, 4) is 0 Å². The van der Waals surface area contributed by atoms with Gasteiger partial charge in [0.1, 0.15) is 0 Å². The average Bonchev–Trinajstić information content (AvgIpc) is 2.55. The molecule has 1 aromatic carbocycles. The molecule has 1 aromatic rings. The summed E-state index contributed by atoms with van der Waals surface area (Å²) in [5.74, 6) is 0.718. The zero-order valence-corrected chi connectivity index (χ0v) is 17.9. The zero-order valence-electron chi connectivity index (χ0n) is 17.1. The molecule has 2 rings (SSSR count). The van der Waals surface area contributed by atoms with Crippen molar-refractivity contribution in [2.24, 2.45) is 11.8 Å². The largest absolute Gasteiger partial charge is 0.326 e. The third-order valence-corrected chi connectivity index (χ3v) is 6.84. The highest BCUT2D eigenvalue weighted by Gasteiger charge is 2.25. The van der Waals surface area contributed by atoms with E-state index >= 15 is 0 Å². The molecule has 1 heterocycles. The van der Waals surface area contributed by atoms with Gasteiger partial charge in [-0.3, -0.25) is 4.79 Å². The molecule has 0 bridgehead atoms. The van der Waals surface area contributed by atoms with Gasteiger partial charge in [0.25, 0.3) is 0 Å². The standard InChI is InChI=1S/C20H33N3O3S/c1-14(16-8-7-11-21-13-16)12-19(24)22-17-9-6-10-18(15(17)2)27(25,26)23-20(3,4)5/h6,9-10,14,16,21,23H,7-8,11-13H2,1-5H3,(H,22,24). The highest BCUT2D eigenvalue weighted by atomic mass is 32.2. The van der Waals surface area contributed by atoms with Crippen molar-refractivity contribution in [1.29, 1.82) is 0 Å². The number of rotatable bonds is 6. The lowest BCUT2D eigenvalue weighted by molar-refractivity contribution is -0.117. The van der Waals surface area contributed by atoms with E-state index in [1.165, 1.54) is 0 Å². The topological polar surface area (TPSA) is 87.3 Å². The van der Waals surface area contributed by atoms with Gasteiger partial charge in [-0.25, -0.2) is 13.1 Å². The Kier molecular flexibility index (Phi) is 7.05. The Morgan fingerprint density at radius 1 is 1.33 bits per heavy atom. The molecular formula is C20H33N3O3S. The van der Waals surface area contributed by atoms with E-state index in [9.17, 15) is 13.2 Å². The van der Waals surface area contributed by atoms with Crippen LogP contribution in [0.15, 0.2) is 23.1 Å². The van der Waals surface area contributed by atoms with Gasteiger partial charge in [0.05, 0.1) is 4.90 Å². The van der Waals surface area contributed by atoms with Gasteiger partial charge >= 0.3 is 0 Å². The Morgan fingerprint density at radius 3 is 2.63 bits per heavy atom. The van der Waals surface area contributed by atoms with Crippen LogP contribution in [0.1, 0.15) is 52.5 Å². The number of hydrogen-bond acceptors (Lipinski definition) is 4. The zero-order chi connectivity index (χ0) is 20.2. The fraction of sp³-hybridized carbons (Fsp3) is 0.650. The number of nitrogens with one attached hydrogen (secondary N) is 3. The van der Waals surface area contributed by atoms with Gasteiger partial charge in [-0.15, -0.1) is 0 Å². The number of piperidine rings is 1. The van der Waals surface area contributed by atoms with E-state index < -0.39 is 15.6 Å². The van der Waals surface area contributed by atoms with E-state index in [0.717, 1.165) is 25.9 Å². The minimum absolute atomic E-state index is 0.0745. The molecule has 1 saturated heterocycles. The highest BCUT2D eigenvalue weighted by Crippen LogP contribution is 2.26. The molecule has 3 N–H and O–H groups in total. The molecule has 1 aliphatic heterocycles. The Labute approximate surface area is 163 Å². The maximum absolute atomic E-state index is 12.7. The Bertz CT molecular complexity index is 763. The van der Waals surface area contributed by atoms with Crippen molar-refractivity contribution < 1.29 is 13.2 Å². The normalized spacial score (nSPS) is 19.5. The van der Waals surface area contributed by atoms with Gasteiger partial charge in [-0.1, -0.05) is 13.0 Å². The van der Waals surface area contributed by atoms with Crippen LogP contribution in [-0.4, -0.2) is 33.0 Å². The molecular weight excluding hydrogens is 362 g/mol. The lowest BCUT2D eigenvalue weighted by Gasteiger charge is -2.28. The Morgan fingerprint density at radius 2 is 2.04 bits per heavy atom. The van der Waals surface area contributed by atoms with Crippen molar-refractivity contribution >= 4 is 21.6 Å². The summed E-state index contributed by atoms with van der Waals surface area (Å²) >= 11 is 0. The molecule has 1 amide bonds. The Balaban J connectivity index is 2.09. The second-order valence-electron chi connectivity index (χ2n) is 8.62. The number of carbonyl (C=O) groups excluding carboxylic acids is 1. The molecule has 0 aliphatic carbocycles. The molecule has 2 atom stereocenters. The predicted molar refractivity (Wildman–Crippen MR) is 109 cm³/mol. The first-order valence-corrected chi connectivity index (χ1v) is 11.1. The van der Waals surface area contributed by atoms with Crippen LogP contribution in [0.4, 0.5) is 5.69 Å². The summed E-state index contributed by atoms with van der Waals surface area (Å²) < 4.78 is 28.0. The van der Waals surface area contributed by atoms with Gasteiger partial charge in [0, 0.05) is 17.6 Å². The lowest BCUT2D eigenvalue weighted by atomic mass is 9.85. The van der Waals surface area contributed by atoms with E-state index in [4.69, 9.17) is 0 Å². The van der Waals surface area contributed by atoms with Gasteiger partial charge < -0.3 is 10.6 Å². The van der Waals surface area contributed by atoms with Crippen molar-refractivity contribution in [3.63, 3.8) is 0 Å². The van der Waals surface area contributed by atoms with E-state index in [2.05, 4.69) is 22.3 Å². The van der Waals surface area contributed by atoms with Crippen molar-refractivity contribution in [2.75, 3.05) is 18.4 Å². The monoisotopic (exact) mass is 395 g/mol. The van der Waals surface area contributed by atoms with Crippen molar-refractivity contribution in [1.82, 2.24) is 10.0 Å². The van der Waals surface area contributed by atoms with E-state index in [1.807, 2.05) is 0 Å². The summed E-state index contributed by atoms with van der Waals surface area (Å²) in [5, 5.41) is 6.29. The first kappa shape index (κ1) is 21.9. The highest BCUT2D eigenvalue weighted by molar-refractivity contribution is 7.89. The summed E-state index contributed by atoms with van der Waals surface area (Å²) in [6, 6.07) is 4.97. The van der Waals surface area contributed by atoms with Gasteiger partial charge in [-0.2, -0.15) is 0 Å². The first-order valence-electron chi connectivity index (χ1n) is 9.64. The minimum Gasteiger partial charge on any atom is -0.326 e. The number of anilines is 1. The van der Waals surface area contributed by atoms with Crippen LogP contribution in [0.25, 0.3) is 0 Å². The van der Waals surface area contributed by atoms with Crippen molar-refractivity contribution in [2.45, 2.75) is 64.3 Å². The number of benzene rings is 1. The third kappa shape index (κ3) is 6.30. The summed E-state index contributed by atoms with van der Waals surface area (Å²) in [5.41, 5.74) is 0.522. The van der Waals surface area contributed by atoms with Crippen LogP contribution < -0.4 is 15.4 Å². The van der Waals surface area contributed by atoms with Crippen LogP contribution >= 0.6 is 0 Å². The van der Waals surface area contributed by atoms with Gasteiger partial charge in [-0.05, 0) is 83.2 Å². The number of sulfonamides is 1. The van der Waals surface area contributed by atoms with Gasteiger partial charge in [0.2, 0.25) is 15.9 Å². The molecule has 0 saturated carbocycles. The summed E-state index contributed by atoms with van der Waals surface area (Å²) in [7, 11) is -3.66. The molecule has 0 radical (unpaired) electrons. The maximum Gasteiger partial charge on any atom is 0.241 e. The average molecular weight is 396 g/mol. The Hall–Kier alpha value is -1.44. The summed E-state index contributed by atoms with van der Waals surface area (Å²) in [4.78, 5) is 12.7. The number of carbonyl (C=O) groups is 1. The van der Waals surface area contributed by atoms with Gasteiger partial charge in [0.15, 0.2) is 0 Å². The fourth-order valence-corrected chi connectivity index (χ4v) is 5.21. The SMILES string of the molecule is Cc1c(NC(=O)CC(C)C2CCCNC2)cccc1S(=O)(=O)NC(C)(C)C. The van der Waals surface area contributed by atoms with Crippen LogP contribution in [0, 0.1) is 18.8 Å². The third-order valence-electron chi connectivity index (χ3n) is 4.94. The molecule has 2 unspecified atom stereocenters. The second kappa shape index (κ2) is 8.71. The first-order chi connectivity index (χ1) is 12.5. The molecule has 1 aliphatic rings. The summed E-state index contributed by atoms with van der Waals surface area (Å²) in [6.07, 6.45) is 2.73. The fourth-order valence-electron chi connectivity index (χ4n) is 3.52. The molecule has 6 nitrogen and oxygen atoms in total. The van der Waals surface area contributed by atoms with Crippen molar-refractivity contribution in [3.05, 3.63) is 23.8 Å². The van der Waals surface area contributed by atoms with Crippen LogP contribution in [0.5, 0.6) is 0 Å². The molecule has 7 heteroatoms. The molecule has 0 spiro atoms. The van der Waals surface area contributed by atoms with E-state index in [-0.39, 0.29) is 16.7 Å². The molecule has 152 valence electrons. The molecule has 27 heavy (non-hydrogen) atoms. The lowest BCUT2D eigenvalue weighted by Crippen LogP contribution is -2.40. The van der Waals surface area contributed by atoms with Crippen LogP contribution in [-0.2, 0) is 14.8 Å². The van der Waals surface area contributed by atoms with Crippen LogP contribution in [0.3, 0.4) is 0 Å². The maximum atomic E-state index is 12.7. The number of amides is 1. The molecule has 0 aromatic heterocycles. The second-order valence-corrected chi connectivity index (χ2v) is 10.3. The van der Waals surface area contributed by atoms with E-state index in [1.54, 1.807) is 45.9 Å².